The van der Waals surface area contributed by atoms with Gasteiger partial charge in [-0.15, -0.1) is 0 Å². The third-order valence-corrected chi connectivity index (χ3v) is 3.69. The van der Waals surface area contributed by atoms with E-state index in [0.29, 0.717) is 5.75 Å². The third kappa shape index (κ3) is 11.4. The molecule has 1 nitrogen and oxygen atoms in total. The van der Waals surface area contributed by atoms with Crippen LogP contribution in [0.25, 0.3) is 6.08 Å². The fourth-order valence-electron chi connectivity index (χ4n) is 1.61. The monoisotopic (exact) mass is 344 g/mol. The molecule has 0 heterocycles. The second kappa shape index (κ2) is 10.00. The van der Waals surface area contributed by atoms with Gasteiger partial charge >= 0.3 is 7.25 Å². The standard InChI is InChI=1S/C16H16OS.BF4/c17-15-9-11-16(12-10-15)18-13-5-4-8-14-6-2-1-3-7-14;2-1(3,4)5/h1-4,6-12,17H,5,13H2;/q;-1/p+1. The van der Waals surface area contributed by atoms with Crippen LogP contribution in [-0.4, -0.2) is 18.1 Å². The SMILES string of the molecule is F[B-](F)(F)F.Oc1ccc([SH+]CCC=Cc2ccccc2)cc1. The minimum absolute atomic E-state index is 0.331. The van der Waals surface area contributed by atoms with Gasteiger partial charge in [-0.3, -0.25) is 0 Å². The quantitative estimate of drug-likeness (QED) is 0.267. The van der Waals surface area contributed by atoms with Gasteiger partial charge in [-0.2, -0.15) is 0 Å². The molecule has 0 amide bonds. The molecule has 0 fully saturated rings. The molecule has 0 spiro atoms. The summed E-state index contributed by atoms with van der Waals surface area (Å²) >= 11 is 1.30. The van der Waals surface area contributed by atoms with E-state index < -0.39 is 7.25 Å². The molecule has 0 saturated heterocycles. The second-order valence-corrected chi connectivity index (χ2v) is 5.77. The normalized spacial score (nSPS) is 11.1. The molecular weight excluding hydrogens is 327 g/mol. The molecule has 0 aliphatic rings. The maximum atomic E-state index is 9.75. The summed E-state index contributed by atoms with van der Waals surface area (Å²) in [5.74, 6) is 1.44. The van der Waals surface area contributed by atoms with Crippen molar-refractivity contribution >= 4 is 25.1 Å². The third-order valence-electron chi connectivity index (χ3n) is 2.55. The van der Waals surface area contributed by atoms with E-state index in [4.69, 9.17) is 0 Å². The number of benzene rings is 2. The van der Waals surface area contributed by atoms with Crippen LogP contribution in [-0.2, 0) is 11.8 Å². The van der Waals surface area contributed by atoms with Crippen LogP contribution in [0.3, 0.4) is 0 Å². The average molecular weight is 344 g/mol. The van der Waals surface area contributed by atoms with Gasteiger partial charge in [0.15, 0.2) is 4.90 Å². The highest BCUT2D eigenvalue weighted by atomic mass is 32.2. The summed E-state index contributed by atoms with van der Waals surface area (Å²) in [6.45, 7) is 0. The maximum absolute atomic E-state index is 9.75. The number of aromatic hydroxyl groups is 1. The molecule has 2 aromatic carbocycles. The van der Waals surface area contributed by atoms with E-state index in [9.17, 15) is 22.4 Å². The van der Waals surface area contributed by atoms with Gasteiger partial charge in [0.1, 0.15) is 11.5 Å². The van der Waals surface area contributed by atoms with Crippen molar-refractivity contribution in [2.45, 2.75) is 11.3 Å². The summed E-state index contributed by atoms with van der Waals surface area (Å²) in [6, 6.07) is 17.8. The Morgan fingerprint density at radius 3 is 2.04 bits per heavy atom. The number of phenolic OH excluding ortho intramolecular Hbond substituents is 1. The molecule has 0 aliphatic heterocycles. The highest BCUT2D eigenvalue weighted by molar-refractivity contribution is 7.78. The topological polar surface area (TPSA) is 20.2 Å². The largest absolute Gasteiger partial charge is 0.673 e. The van der Waals surface area contributed by atoms with E-state index in [1.54, 1.807) is 12.1 Å². The van der Waals surface area contributed by atoms with Crippen molar-refractivity contribution in [2.75, 3.05) is 5.75 Å². The minimum atomic E-state index is -6.00. The van der Waals surface area contributed by atoms with Crippen molar-refractivity contribution < 1.29 is 22.4 Å². The predicted octanol–water partition coefficient (Wildman–Crippen LogP) is 4.97. The van der Waals surface area contributed by atoms with E-state index in [-0.39, 0.29) is 0 Å². The molecule has 0 atom stereocenters. The lowest BCUT2D eigenvalue weighted by atomic mass is 10.2. The van der Waals surface area contributed by atoms with Crippen molar-refractivity contribution in [3.63, 3.8) is 0 Å². The van der Waals surface area contributed by atoms with Gasteiger partial charge in [-0.1, -0.05) is 42.5 Å². The summed E-state index contributed by atoms with van der Waals surface area (Å²) in [6.07, 6.45) is 5.44. The Hall–Kier alpha value is -1.89. The predicted molar refractivity (Wildman–Crippen MR) is 90.3 cm³/mol. The Balaban J connectivity index is 0.000000463. The zero-order chi connectivity index (χ0) is 17.1. The van der Waals surface area contributed by atoms with Crippen molar-refractivity contribution in [1.29, 1.82) is 0 Å². The first kappa shape index (κ1) is 19.2. The van der Waals surface area contributed by atoms with Crippen molar-refractivity contribution in [3.05, 3.63) is 66.2 Å². The summed E-state index contributed by atoms with van der Waals surface area (Å²) in [5.41, 5.74) is 1.25. The summed E-state index contributed by atoms with van der Waals surface area (Å²) in [7, 11) is -6.00. The van der Waals surface area contributed by atoms with Gasteiger partial charge in [0.05, 0.1) is 0 Å². The van der Waals surface area contributed by atoms with Gasteiger partial charge in [-0.25, -0.2) is 0 Å². The Labute approximate surface area is 137 Å². The Bertz CT molecular complexity index is 579. The lowest BCUT2D eigenvalue weighted by Crippen LogP contribution is -2.02. The van der Waals surface area contributed by atoms with Crippen LogP contribution >= 0.6 is 0 Å². The van der Waals surface area contributed by atoms with E-state index in [1.165, 1.54) is 22.2 Å². The van der Waals surface area contributed by atoms with Crippen LogP contribution in [0.5, 0.6) is 5.75 Å². The van der Waals surface area contributed by atoms with Gasteiger partial charge < -0.3 is 22.4 Å². The van der Waals surface area contributed by atoms with Crippen LogP contribution in [0, 0.1) is 0 Å². The number of hydrogen-bond donors (Lipinski definition) is 1. The number of halogens is 4. The number of allylic oxidation sites excluding steroid dienone is 1. The highest BCUT2D eigenvalue weighted by Gasteiger charge is 2.20. The fourth-order valence-corrected chi connectivity index (χ4v) is 2.51. The number of phenols is 1. The lowest BCUT2D eigenvalue weighted by molar-refractivity contribution is 0.368. The zero-order valence-electron chi connectivity index (χ0n) is 12.2. The van der Waals surface area contributed by atoms with Crippen molar-refractivity contribution in [2.24, 2.45) is 0 Å². The Morgan fingerprint density at radius 1 is 0.913 bits per heavy atom. The molecule has 1 N–H and O–H groups in total. The van der Waals surface area contributed by atoms with Crippen LogP contribution < -0.4 is 0 Å². The molecule has 7 heteroatoms. The summed E-state index contributed by atoms with van der Waals surface area (Å²) < 4.78 is 39.0. The molecular formula is C16H17BF4OS. The molecule has 0 bridgehead atoms. The van der Waals surface area contributed by atoms with E-state index in [1.807, 2.05) is 30.3 Å². The molecule has 2 rings (SSSR count). The molecule has 23 heavy (non-hydrogen) atoms. The number of rotatable bonds is 5. The molecule has 0 aromatic heterocycles. The van der Waals surface area contributed by atoms with E-state index >= 15 is 0 Å². The molecule has 0 saturated carbocycles. The summed E-state index contributed by atoms with van der Waals surface area (Å²) in [5, 5.41) is 9.18. The van der Waals surface area contributed by atoms with E-state index in [2.05, 4.69) is 24.3 Å². The van der Waals surface area contributed by atoms with Gasteiger partial charge in [0.25, 0.3) is 0 Å². The van der Waals surface area contributed by atoms with Crippen LogP contribution in [0.15, 0.2) is 65.6 Å². The lowest BCUT2D eigenvalue weighted by Gasteiger charge is -1.94. The molecule has 0 radical (unpaired) electrons. The van der Waals surface area contributed by atoms with E-state index in [0.717, 1.165) is 12.2 Å². The van der Waals surface area contributed by atoms with Gasteiger partial charge in [0, 0.05) is 18.2 Å². The van der Waals surface area contributed by atoms with Crippen molar-refractivity contribution in [1.82, 2.24) is 0 Å². The molecule has 0 aliphatic carbocycles. The summed E-state index contributed by atoms with van der Waals surface area (Å²) in [4.78, 5) is 1.25. The van der Waals surface area contributed by atoms with Gasteiger partial charge in [0.2, 0.25) is 0 Å². The molecule has 124 valence electrons. The Morgan fingerprint density at radius 2 is 1.48 bits per heavy atom. The van der Waals surface area contributed by atoms with Crippen molar-refractivity contribution in [3.8, 4) is 5.75 Å². The number of hydrogen-bond acceptors (Lipinski definition) is 1. The fraction of sp³-hybridized carbons (Fsp3) is 0.125. The van der Waals surface area contributed by atoms with Crippen LogP contribution in [0.4, 0.5) is 17.3 Å². The minimum Gasteiger partial charge on any atom is -0.508 e. The average Bonchev–Trinajstić information content (AvgIpc) is 2.48. The first-order chi connectivity index (χ1) is 10.8. The molecule has 2 aromatic rings. The Kier molecular flexibility index (Phi) is 8.33. The van der Waals surface area contributed by atoms with Gasteiger partial charge in [-0.05, 0) is 29.8 Å². The number of thiol groups is 1. The second-order valence-electron chi connectivity index (χ2n) is 4.49. The first-order valence-electron chi connectivity index (χ1n) is 6.90. The highest BCUT2D eigenvalue weighted by Crippen LogP contribution is 2.12. The maximum Gasteiger partial charge on any atom is 0.673 e. The van der Waals surface area contributed by atoms with Crippen LogP contribution in [0.2, 0.25) is 0 Å². The molecule has 0 unspecified atom stereocenters. The first-order valence-corrected chi connectivity index (χ1v) is 7.98. The van der Waals surface area contributed by atoms with Crippen LogP contribution in [0.1, 0.15) is 12.0 Å². The zero-order valence-corrected chi connectivity index (χ0v) is 13.1. The smallest absolute Gasteiger partial charge is 0.508 e.